The van der Waals surface area contributed by atoms with Crippen molar-refractivity contribution in [3.8, 4) is 5.75 Å². The van der Waals surface area contributed by atoms with E-state index < -0.39 is 23.3 Å². The number of rotatable bonds is 4. The van der Waals surface area contributed by atoms with Crippen molar-refractivity contribution in [1.82, 2.24) is 0 Å². The topological polar surface area (TPSA) is 75.3 Å². The maximum Gasteiger partial charge on any atom is 0.249 e. The summed E-state index contributed by atoms with van der Waals surface area (Å²) < 4.78 is 26.5. The Hall–Kier alpha value is -2.63. The smallest absolute Gasteiger partial charge is 0.249 e. The summed E-state index contributed by atoms with van der Waals surface area (Å²) in [4.78, 5) is 11.2. The molecular weight excluding hydrogens is 278 g/mol. The molecule has 0 aliphatic carbocycles. The fourth-order valence-corrected chi connectivity index (χ4v) is 2.01. The Balaban J connectivity index is 2.21. The van der Waals surface area contributed by atoms with Gasteiger partial charge < -0.3 is 16.2 Å². The van der Waals surface area contributed by atoms with Gasteiger partial charge in [-0.05, 0) is 42.3 Å². The van der Waals surface area contributed by atoms with E-state index in [1.165, 1.54) is 0 Å². The molecule has 0 bridgehead atoms. The van der Waals surface area contributed by atoms with E-state index in [9.17, 15) is 13.6 Å². The number of aromatic hydroxyl groups is 1. The molecule has 0 heterocycles. The molecule has 0 saturated carbocycles. The third-order valence-corrected chi connectivity index (χ3v) is 3.16. The second-order valence-corrected chi connectivity index (χ2v) is 4.60. The van der Waals surface area contributed by atoms with Crippen LogP contribution in [0.2, 0.25) is 0 Å². The molecule has 0 spiro atoms. The number of primary amides is 1. The number of hydrogen-bond donors (Lipinski definition) is 3. The summed E-state index contributed by atoms with van der Waals surface area (Å²) in [6, 6.07) is 7.07. The number of hydrogen-bond acceptors (Lipinski definition) is 3. The number of halogens is 2. The van der Waals surface area contributed by atoms with Gasteiger partial charge >= 0.3 is 0 Å². The Morgan fingerprint density at radius 3 is 2.48 bits per heavy atom. The van der Waals surface area contributed by atoms with Crippen molar-refractivity contribution in [2.45, 2.75) is 13.5 Å². The molecule has 4 N–H and O–H groups in total. The van der Waals surface area contributed by atoms with Gasteiger partial charge in [-0.15, -0.1) is 0 Å². The van der Waals surface area contributed by atoms with E-state index in [1.807, 2.05) is 0 Å². The second kappa shape index (κ2) is 5.78. The molecule has 21 heavy (non-hydrogen) atoms. The number of carbonyl (C=O) groups excluding carboxylic acids is 1. The first-order valence-electron chi connectivity index (χ1n) is 6.20. The van der Waals surface area contributed by atoms with Crippen molar-refractivity contribution in [3.63, 3.8) is 0 Å². The number of carbonyl (C=O) groups is 1. The maximum absolute atomic E-state index is 13.2. The van der Waals surface area contributed by atoms with Gasteiger partial charge in [0.2, 0.25) is 5.91 Å². The van der Waals surface area contributed by atoms with Gasteiger partial charge in [-0.1, -0.05) is 6.07 Å². The van der Waals surface area contributed by atoms with Crippen molar-refractivity contribution in [1.29, 1.82) is 0 Å². The highest BCUT2D eigenvalue weighted by Crippen LogP contribution is 2.23. The molecular formula is C15H14F2N2O2. The van der Waals surface area contributed by atoms with Crippen LogP contribution in [0.4, 0.5) is 14.5 Å². The first kappa shape index (κ1) is 14.8. The van der Waals surface area contributed by atoms with E-state index in [1.54, 1.807) is 25.1 Å². The van der Waals surface area contributed by atoms with Crippen LogP contribution in [0.5, 0.6) is 5.75 Å². The number of anilines is 1. The molecule has 0 atom stereocenters. The van der Waals surface area contributed by atoms with Crippen LogP contribution in [0.15, 0.2) is 30.3 Å². The Labute approximate surface area is 120 Å². The number of nitrogens with two attached hydrogens (primary N) is 1. The fraction of sp³-hybridized carbons (Fsp3) is 0.133. The molecule has 2 rings (SSSR count). The van der Waals surface area contributed by atoms with Crippen molar-refractivity contribution in [3.05, 3.63) is 58.7 Å². The van der Waals surface area contributed by atoms with Gasteiger partial charge in [0.05, 0.1) is 0 Å². The van der Waals surface area contributed by atoms with Crippen LogP contribution in [0.25, 0.3) is 0 Å². The van der Waals surface area contributed by atoms with E-state index in [-0.39, 0.29) is 6.54 Å². The molecule has 0 aromatic heterocycles. The van der Waals surface area contributed by atoms with Crippen molar-refractivity contribution < 1.29 is 18.7 Å². The minimum atomic E-state index is -1.02. The maximum atomic E-state index is 13.2. The SMILES string of the molecule is Cc1c(NCc2cc(F)c(O)c(F)c2)cccc1C(N)=O. The van der Waals surface area contributed by atoms with Gasteiger partial charge in [0.1, 0.15) is 0 Å². The first-order chi connectivity index (χ1) is 9.90. The largest absolute Gasteiger partial charge is 0.503 e. The zero-order chi connectivity index (χ0) is 15.6. The van der Waals surface area contributed by atoms with Gasteiger partial charge in [0, 0.05) is 17.8 Å². The average Bonchev–Trinajstić information content (AvgIpc) is 2.43. The van der Waals surface area contributed by atoms with Gasteiger partial charge in [-0.25, -0.2) is 8.78 Å². The third-order valence-electron chi connectivity index (χ3n) is 3.16. The highest BCUT2D eigenvalue weighted by molar-refractivity contribution is 5.95. The highest BCUT2D eigenvalue weighted by atomic mass is 19.1. The van der Waals surface area contributed by atoms with Crippen LogP contribution < -0.4 is 11.1 Å². The van der Waals surface area contributed by atoms with E-state index in [0.29, 0.717) is 22.4 Å². The zero-order valence-corrected chi connectivity index (χ0v) is 11.3. The van der Waals surface area contributed by atoms with E-state index >= 15 is 0 Å². The number of nitrogens with one attached hydrogen (secondary N) is 1. The molecule has 1 amide bonds. The van der Waals surface area contributed by atoms with Crippen molar-refractivity contribution >= 4 is 11.6 Å². The van der Waals surface area contributed by atoms with Crippen LogP contribution >= 0.6 is 0 Å². The van der Waals surface area contributed by atoms with E-state index in [4.69, 9.17) is 10.8 Å². The summed E-state index contributed by atoms with van der Waals surface area (Å²) >= 11 is 0. The Kier molecular flexibility index (Phi) is 4.07. The van der Waals surface area contributed by atoms with Crippen LogP contribution in [-0.2, 0) is 6.54 Å². The molecule has 0 aliphatic heterocycles. The number of phenolic OH excluding ortho intramolecular Hbond substituents is 1. The molecule has 4 nitrogen and oxygen atoms in total. The molecule has 0 fully saturated rings. The Morgan fingerprint density at radius 2 is 1.90 bits per heavy atom. The van der Waals surface area contributed by atoms with Crippen LogP contribution in [-0.4, -0.2) is 11.0 Å². The summed E-state index contributed by atoms with van der Waals surface area (Å²) in [5.41, 5.74) is 7.25. The molecule has 110 valence electrons. The molecule has 0 aliphatic rings. The molecule has 2 aromatic rings. The summed E-state index contributed by atoms with van der Waals surface area (Å²) in [6.07, 6.45) is 0. The Bertz CT molecular complexity index is 679. The molecule has 0 unspecified atom stereocenters. The summed E-state index contributed by atoms with van der Waals surface area (Å²) in [7, 11) is 0. The molecule has 0 radical (unpaired) electrons. The van der Waals surface area contributed by atoms with Gasteiger partial charge in [-0.2, -0.15) is 0 Å². The van der Waals surface area contributed by atoms with Gasteiger partial charge in [0.15, 0.2) is 17.4 Å². The minimum Gasteiger partial charge on any atom is -0.503 e. The van der Waals surface area contributed by atoms with E-state index in [2.05, 4.69) is 5.32 Å². The van der Waals surface area contributed by atoms with Gasteiger partial charge in [-0.3, -0.25) is 4.79 Å². The highest BCUT2D eigenvalue weighted by Gasteiger charge is 2.11. The predicted octanol–water partition coefficient (Wildman–Crippen LogP) is 2.69. The molecule has 6 heteroatoms. The zero-order valence-electron chi connectivity index (χ0n) is 11.3. The van der Waals surface area contributed by atoms with Crippen molar-refractivity contribution in [2.75, 3.05) is 5.32 Å². The minimum absolute atomic E-state index is 0.136. The summed E-state index contributed by atoms with van der Waals surface area (Å²) in [5, 5.41) is 12.0. The van der Waals surface area contributed by atoms with Crippen LogP contribution in [0, 0.1) is 18.6 Å². The number of phenols is 1. The lowest BCUT2D eigenvalue weighted by Crippen LogP contribution is -2.14. The Morgan fingerprint density at radius 1 is 1.29 bits per heavy atom. The first-order valence-corrected chi connectivity index (χ1v) is 6.20. The normalized spacial score (nSPS) is 10.4. The quantitative estimate of drug-likeness (QED) is 0.811. The predicted molar refractivity (Wildman–Crippen MR) is 75.0 cm³/mol. The third kappa shape index (κ3) is 3.10. The fourth-order valence-electron chi connectivity index (χ4n) is 2.01. The lowest BCUT2D eigenvalue weighted by molar-refractivity contribution is 0.1000. The average molecular weight is 292 g/mol. The van der Waals surface area contributed by atoms with Gasteiger partial charge in [0.25, 0.3) is 0 Å². The summed E-state index contributed by atoms with van der Waals surface area (Å²) in [6.45, 7) is 1.86. The number of amides is 1. The lowest BCUT2D eigenvalue weighted by Gasteiger charge is -2.12. The monoisotopic (exact) mass is 292 g/mol. The lowest BCUT2D eigenvalue weighted by atomic mass is 10.1. The van der Waals surface area contributed by atoms with E-state index in [0.717, 1.165) is 12.1 Å². The second-order valence-electron chi connectivity index (χ2n) is 4.60. The standard InChI is InChI=1S/C15H14F2N2O2/c1-8-10(15(18)21)3-2-4-13(8)19-7-9-5-11(16)14(20)12(17)6-9/h2-6,19-20H,7H2,1H3,(H2,18,21). The van der Waals surface area contributed by atoms with Crippen molar-refractivity contribution in [2.24, 2.45) is 5.73 Å². The number of benzene rings is 2. The van der Waals surface area contributed by atoms with Crippen LogP contribution in [0.3, 0.4) is 0 Å². The molecule has 0 saturated heterocycles. The molecule has 2 aromatic carbocycles. The van der Waals surface area contributed by atoms with Crippen LogP contribution in [0.1, 0.15) is 21.5 Å². The summed E-state index contributed by atoms with van der Waals surface area (Å²) in [5.74, 6) is -3.58.